The Balaban J connectivity index is 2.86. The first kappa shape index (κ1) is 20.7. The van der Waals surface area contributed by atoms with Crippen LogP contribution in [0.25, 0.3) is 0 Å². The average molecular weight is 362 g/mol. The molecule has 1 aliphatic rings. The maximum atomic E-state index is 12.9. The van der Waals surface area contributed by atoms with Gasteiger partial charge in [-0.1, -0.05) is 13.8 Å². The summed E-state index contributed by atoms with van der Waals surface area (Å²) in [7, 11) is -3.08. The van der Waals surface area contributed by atoms with E-state index in [1.807, 2.05) is 20.8 Å². The Morgan fingerprint density at radius 3 is 2.25 bits per heavy atom. The molecule has 1 unspecified atom stereocenters. The minimum atomic E-state index is -3.08. The summed E-state index contributed by atoms with van der Waals surface area (Å²) in [5.41, 5.74) is -0.654. The molecule has 24 heavy (non-hydrogen) atoms. The number of hydrogen-bond acceptors (Lipinski definition) is 5. The third-order valence-corrected chi connectivity index (χ3v) is 5.63. The summed E-state index contributed by atoms with van der Waals surface area (Å²) in [5.74, 6) is -0.311. The van der Waals surface area contributed by atoms with Gasteiger partial charge in [0, 0.05) is 12.6 Å². The highest BCUT2D eigenvalue weighted by Crippen LogP contribution is 2.20. The van der Waals surface area contributed by atoms with Crippen molar-refractivity contribution in [2.75, 3.05) is 18.1 Å². The molecule has 0 aromatic heterocycles. The van der Waals surface area contributed by atoms with E-state index in [4.69, 9.17) is 4.74 Å². The van der Waals surface area contributed by atoms with E-state index in [0.29, 0.717) is 13.0 Å². The third kappa shape index (κ3) is 5.96. The summed E-state index contributed by atoms with van der Waals surface area (Å²) in [6, 6.07) is -1.07. The van der Waals surface area contributed by atoms with Gasteiger partial charge in [0.05, 0.1) is 11.5 Å². The molecule has 0 radical (unpaired) electrons. The highest BCUT2D eigenvalue weighted by atomic mass is 32.2. The van der Waals surface area contributed by atoms with Crippen LogP contribution in [0.3, 0.4) is 0 Å². The Hall–Kier alpha value is -1.31. The first-order valence-electron chi connectivity index (χ1n) is 8.36. The quantitative estimate of drug-likeness (QED) is 0.801. The van der Waals surface area contributed by atoms with Crippen molar-refractivity contribution in [2.24, 2.45) is 5.92 Å². The van der Waals surface area contributed by atoms with Gasteiger partial charge in [-0.3, -0.25) is 4.79 Å². The fraction of sp³-hybridized carbons (Fsp3) is 0.875. The summed E-state index contributed by atoms with van der Waals surface area (Å²) < 4.78 is 28.6. The Bertz CT molecular complexity index is 566. The number of rotatable bonds is 5. The van der Waals surface area contributed by atoms with E-state index >= 15 is 0 Å². The molecule has 140 valence electrons. The van der Waals surface area contributed by atoms with Crippen LogP contribution in [-0.4, -0.2) is 61.1 Å². The smallest absolute Gasteiger partial charge is 0.408 e. The fourth-order valence-corrected chi connectivity index (χ4v) is 4.47. The lowest BCUT2D eigenvalue weighted by molar-refractivity contribution is -0.136. The number of carbonyl (C=O) groups is 2. The first-order chi connectivity index (χ1) is 10.9. The van der Waals surface area contributed by atoms with Crippen molar-refractivity contribution in [1.29, 1.82) is 0 Å². The third-order valence-electron chi connectivity index (χ3n) is 3.88. The Kier molecular flexibility index (Phi) is 6.67. The monoisotopic (exact) mass is 362 g/mol. The van der Waals surface area contributed by atoms with E-state index in [1.54, 1.807) is 25.7 Å². The SMILES string of the molecule is CCN(C(=O)[C@@H](NC(=O)OC(C)(C)C)C(C)C)C1CCS(=O)(=O)C1. The second-order valence-electron chi connectivity index (χ2n) is 7.55. The lowest BCUT2D eigenvalue weighted by Gasteiger charge is -2.33. The number of nitrogens with one attached hydrogen (secondary N) is 1. The average Bonchev–Trinajstić information content (AvgIpc) is 2.74. The minimum absolute atomic E-state index is 0.0101. The second kappa shape index (κ2) is 7.72. The van der Waals surface area contributed by atoms with Gasteiger partial charge in [0.25, 0.3) is 0 Å². The number of sulfone groups is 1. The summed E-state index contributed by atoms with van der Waals surface area (Å²) >= 11 is 0. The number of carbonyl (C=O) groups excluding carboxylic acids is 2. The number of likely N-dealkylation sites (N-methyl/N-ethyl adjacent to an activating group) is 1. The van der Waals surface area contributed by atoms with Crippen molar-refractivity contribution in [3.63, 3.8) is 0 Å². The zero-order valence-electron chi connectivity index (χ0n) is 15.5. The summed E-state index contributed by atoms with van der Waals surface area (Å²) in [5, 5.41) is 2.63. The lowest BCUT2D eigenvalue weighted by atomic mass is 10.0. The van der Waals surface area contributed by atoms with E-state index in [1.165, 1.54) is 0 Å². The van der Waals surface area contributed by atoms with Gasteiger partial charge in [-0.05, 0) is 40.0 Å². The van der Waals surface area contributed by atoms with Crippen LogP contribution in [0.2, 0.25) is 0 Å². The van der Waals surface area contributed by atoms with Crippen molar-refractivity contribution in [1.82, 2.24) is 10.2 Å². The lowest BCUT2D eigenvalue weighted by Crippen LogP contribution is -2.54. The predicted molar refractivity (Wildman–Crippen MR) is 92.4 cm³/mol. The normalized spacial score (nSPS) is 21.4. The largest absolute Gasteiger partial charge is 0.444 e. The zero-order valence-corrected chi connectivity index (χ0v) is 16.3. The minimum Gasteiger partial charge on any atom is -0.444 e. The molecule has 7 nitrogen and oxygen atoms in total. The fourth-order valence-electron chi connectivity index (χ4n) is 2.74. The van der Waals surface area contributed by atoms with E-state index in [0.717, 1.165) is 0 Å². The van der Waals surface area contributed by atoms with Crippen LogP contribution in [0.15, 0.2) is 0 Å². The number of nitrogens with zero attached hydrogens (tertiary/aromatic N) is 1. The Morgan fingerprint density at radius 1 is 1.29 bits per heavy atom. The van der Waals surface area contributed by atoms with E-state index in [9.17, 15) is 18.0 Å². The van der Waals surface area contributed by atoms with Crippen molar-refractivity contribution < 1.29 is 22.7 Å². The molecule has 0 aromatic carbocycles. The predicted octanol–water partition coefficient (Wildman–Crippen LogP) is 1.57. The molecule has 0 spiro atoms. The van der Waals surface area contributed by atoms with Crippen LogP contribution >= 0.6 is 0 Å². The molecule has 0 saturated carbocycles. The van der Waals surface area contributed by atoms with Gasteiger partial charge in [0.1, 0.15) is 11.6 Å². The van der Waals surface area contributed by atoms with Gasteiger partial charge < -0.3 is 15.0 Å². The maximum absolute atomic E-state index is 12.9. The molecule has 1 heterocycles. The maximum Gasteiger partial charge on any atom is 0.408 e. The number of hydrogen-bond donors (Lipinski definition) is 1. The molecule has 0 bridgehead atoms. The highest BCUT2D eigenvalue weighted by Gasteiger charge is 2.37. The molecule has 1 rings (SSSR count). The van der Waals surface area contributed by atoms with Crippen molar-refractivity contribution in [3.8, 4) is 0 Å². The van der Waals surface area contributed by atoms with Gasteiger partial charge in [-0.15, -0.1) is 0 Å². The molecule has 2 amide bonds. The van der Waals surface area contributed by atoms with Gasteiger partial charge in [0.2, 0.25) is 5.91 Å². The van der Waals surface area contributed by atoms with E-state index in [2.05, 4.69) is 5.32 Å². The van der Waals surface area contributed by atoms with E-state index < -0.39 is 27.6 Å². The zero-order chi connectivity index (χ0) is 18.7. The molecular weight excluding hydrogens is 332 g/mol. The van der Waals surface area contributed by atoms with Gasteiger partial charge in [-0.2, -0.15) is 0 Å². The summed E-state index contributed by atoms with van der Waals surface area (Å²) in [6.45, 7) is 11.1. The molecule has 0 aliphatic carbocycles. The Morgan fingerprint density at radius 2 is 1.88 bits per heavy atom. The van der Waals surface area contributed by atoms with E-state index in [-0.39, 0.29) is 29.4 Å². The second-order valence-corrected chi connectivity index (χ2v) is 9.78. The van der Waals surface area contributed by atoms with Crippen LogP contribution in [0.1, 0.15) is 48.0 Å². The van der Waals surface area contributed by atoms with Gasteiger partial charge in [-0.25, -0.2) is 13.2 Å². The van der Waals surface area contributed by atoms with Crippen LogP contribution in [0.4, 0.5) is 4.79 Å². The molecule has 1 aliphatic heterocycles. The number of alkyl carbamates (subject to hydrolysis) is 1. The van der Waals surface area contributed by atoms with Crippen LogP contribution in [0.5, 0.6) is 0 Å². The molecular formula is C16H30N2O5S. The molecule has 1 saturated heterocycles. The molecule has 1 N–H and O–H groups in total. The number of amides is 2. The van der Waals surface area contributed by atoms with Crippen molar-refractivity contribution in [2.45, 2.75) is 65.6 Å². The van der Waals surface area contributed by atoms with Crippen molar-refractivity contribution in [3.05, 3.63) is 0 Å². The molecule has 1 fully saturated rings. The van der Waals surface area contributed by atoms with Crippen LogP contribution in [-0.2, 0) is 19.4 Å². The Labute approximate surface area is 145 Å². The van der Waals surface area contributed by atoms with Gasteiger partial charge >= 0.3 is 6.09 Å². The van der Waals surface area contributed by atoms with Crippen LogP contribution in [0, 0.1) is 5.92 Å². The van der Waals surface area contributed by atoms with Crippen molar-refractivity contribution >= 4 is 21.8 Å². The molecule has 8 heteroatoms. The topological polar surface area (TPSA) is 92.8 Å². The molecule has 0 aromatic rings. The standard InChI is InChI=1S/C16H30N2O5S/c1-7-18(12-8-9-24(21,22)10-12)14(19)13(11(2)3)17-15(20)23-16(4,5)6/h11-13H,7-10H2,1-6H3,(H,17,20)/t12?,13-/m0/s1. The first-order valence-corrected chi connectivity index (χ1v) is 10.2. The highest BCUT2D eigenvalue weighted by molar-refractivity contribution is 7.91. The van der Waals surface area contributed by atoms with Crippen LogP contribution < -0.4 is 5.32 Å². The summed E-state index contributed by atoms with van der Waals surface area (Å²) in [6.07, 6.45) is -0.205. The molecule has 2 atom stereocenters. The summed E-state index contributed by atoms with van der Waals surface area (Å²) in [4.78, 5) is 26.5. The number of ether oxygens (including phenoxy) is 1. The van der Waals surface area contributed by atoms with Gasteiger partial charge in [0.15, 0.2) is 9.84 Å².